The number of rotatable bonds is 10. The van der Waals surface area contributed by atoms with Crippen LogP contribution in [0, 0.1) is 10.1 Å². The molecule has 4 rings (SSSR count). The second kappa shape index (κ2) is 13.3. The van der Waals surface area contributed by atoms with Crippen molar-refractivity contribution < 1.29 is 28.7 Å². The number of hydrogen-bond acceptors (Lipinski definition) is 10. The van der Waals surface area contributed by atoms with E-state index in [2.05, 4.69) is 21.2 Å². The Morgan fingerprint density at radius 2 is 1.68 bits per heavy atom. The Morgan fingerprint density at radius 1 is 1.00 bits per heavy atom. The first kappa shape index (κ1) is 29.6. The lowest BCUT2D eigenvalue weighted by atomic mass is 9.80. The zero-order valence-electron chi connectivity index (χ0n) is 23.8. The van der Waals surface area contributed by atoms with Crippen LogP contribution in [0.2, 0.25) is 0 Å². The fourth-order valence-corrected chi connectivity index (χ4v) is 5.35. The van der Waals surface area contributed by atoms with E-state index in [1.807, 2.05) is 25.1 Å². The molecule has 0 aromatic heterocycles. The smallest absolute Gasteiger partial charge is 0.336 e. The van der Waals surface area contributed by atoms with Gasteiger partial charge in [-0.3, -0.25) is 15.0 Å². The molecule has 11 nitrogen and oxygen atoms in total. The maximum atomic E-state index is 13.5. The van der Waals surface area contributed by atoms with E-state index in [1.165, 1.54) is 25.3 Å². The quantitative estimate of drug-likeness (QED) is 0.259. The van der Waals surface area contributed by atoms with Crippen LogP contribution in [0.15, 0.2) is 71.1 Å². The minimum absolute atomic E-state index is 0.142. The monoisotopic (exact) mass is 564 g/mol. The third-order valence-electron chi connectivity index (χ3n) is 7.32. The van der Waals surface area contributed by atoms with Gasteiger partial charge in [0, 0.05) is 56.3 Å². The van der Waals surface area contributed by atoms with Gasteiger partial charge in [0.2, 0.25) is 0 Å². The van der Waals surface area contributed by atoms with Crippen molar-refractivity contribution in [1.82, 2.24) is 10.2 Å². The number of piperazine rings is 1. The lowest BCUT2D eigenvalue weighted by Crippen LogP contribution is -2.47. The molecule has 0 amide bonds. The van der Waals surface area contributed by atoms with Crippen LogP contribution in [0.4, 0.5) is 11.4 Å². The van der Waals surface area contributed by atoms with Crippen LogP contribution in [0.25, 0.3) is 0 Å². The minimum Gasteiger partial charge on any atom is -0.492 e. The fraction of sp³-hybridized carbons (Fsp3) is 0.400. The molecule has 0 saturated carbocycles. The number of nitro groups is 1. The predicted octanol–water partition coefficient (Wildman–Crippen LogP) is 3.77. The van der Waals surface area contributed by atoms with E-state index in [0.717, 1.165) is 37.6 Å². The molecule has 0 aliphatic carbocycles. The highest BCUT2D eigenvalue weighted by Gasteiger charge is 2.38. The van der Waals surface area contributed by atoms with Gasteiger partial charge in [0.1, 0.15) is 12.4 Å². The summed E-state index contributed by atoms with van der Waals surface area (Å²) in [6.07, 6.45) is 0. The molecule has 1 N–H and O–H groups in total. The number of anilines is 1. The molecular weight excluding hydrogens is 528 g/mol. The van der Waals surface area contributed by atoms with Crippen molar-refractivity contribution in [3.05, 3.63) is 86.7 Å². The maximum absolute atomic E-state index is 13.5. The van der Waals surface area contributed by atoms with E-state index in [1.54, 1.807) is 19.9 Å². The second-order valence-corrected chi connectivity index (χ2v) is 9.84. The SMILES string of the molecule is CCOc1ccccc1N1CCN(CCOC(=O)C2=C(C)NC(C)=C(C(=O)OC)C2c2cccc([N+](=O)[O-])c2)CC1. The van der Waals surface area contributed by atoms with Crippen LogP contribution >= 0.6 is 0 Å². The van der Waals surface area contributed by atoms with Crippen LogP contribution < -0.4 is 15.0 Å². The minimum atomic E-state index is -0.884. The Morgan fingerprint density at radius 3 is 2.34 bits per heavy atom. The van der Waals surface area contributed by atoms with Gasteiger partial charge in [-0.1, -0.05) is 24.3 Å². The zero-order valence-corrected chi connectivity index (χ0v) is 23.8. The highest BCUT2D eigenvalue weighted by atomic mass is 16.6. The number of non-ortho nitro benzene ring substituents is 1. The molecule has 1 unspecified atom stereocenters. The molecule has 11 heteroatoms. The molecule has 1 fully saturated rings. The lowest BCUT2D eigenvalue weighted by molar-refractivity contribution is -0.384. The number of ether oxygens (including phenoxy) is 3. The number of carbonyl (C=O) groups is 2. The van der Waals surface area contributed by atoms with Crippen molar-refractivity contribution in [2.24, 2.45) is 0 Å². The summed E-state index contributed by atoms with van der Waals surface area (Å²) in [6.45, 7) is 9.92. The number of nitrogens with one attached hydrogen (secondary N) is 1. The molecule has 2 aromatic carbocycles. The van der Waals surface area contributed by atoms with E-state index in [0.29, 0.717) is 30.1 Å². The predicted molar refractivity (Wildman–Crippen MR) is 154 cm³/mol. The van der Waals surface area contributed by atoms with Gasteiger partial charge in [-0.15, -0.1) is 0 Å². The van der Waals surface area contributed by atoms with Crippen LogP contribution in [0.5, 0.6) is 5.75 Å². The summed E-state index contributed by atoms with van der Waals surface area (Å²) in [4.78, 5) is 41.8. The van der Waals surface area contributed by atoms with Crippen molar-refractivity contribution in [1.29, 1.82) is 0 Å². The van der Waals surface area contributed by atoms with Gasteiger partial charge in [0.25, 0.3) is 5.69 Å². The Bertz CT molecular complexity index is 1360. The molecule has 2 aliphatic heterocycles. The fourth-order valence-electron chi connectivity index (χ4n) is 5.35. The van der Waals surface area contributed by atoms with E-state index < -0.39 is 22.8 Å². The molecule has 1 atom stereocenters. The number of esters is 2. The largest absolute Gasteiger partial charge is 0.492 e. The average molecular weight is 565 g/mol. The zero-order chi connectivity index (χ0) is 29.5. The van der Waals surface area contributed by atoms with Crippen molar-refractivity contribution in [2.75, 3.05) is 57.9 Å². The Balaban J connectivity index is 1.44. The first-order valence-electron chi connectivity index (χ1n) is 13.6. The first-order chi connectivity index (χ1) is 19.7. The van der Waals surface area contributed by atoms with Gasteiger partial charge in [-0.05, 0) is 38.5 Å². The van der Waals surface area contributed by atoms with E-state index in [-0.39, 0.29) is 23.4 Å². The summed E-state index contributed by atoms with van der Waals surface area (Å²) in [7, 11) is 1.26. The summed E-state index contributed by atoms with van der Waals surface area (Å²) in [6, 6.07) is 13.9. The summed E-state index contributed by atoms with van der Waals surface area (Å²) in [5.74, 6) is -1.24. The third kappa shape index (κ3) is 6.68. The van der Waals surface area contributed by atoms with E-state index in [9.17, 15) is 19.7 Å². The molecule has 2 heterocycles. The van der Waals surface area contributed by atoms with Gasteiger partial charge in [0.05, 0.1) is 41.4 Å². The highest BCUT2D eigenvalue weighted by Crippen LogP contribution is 2.40. The van der Waals surface area contributed by atoms with Crippen molar-refractivity contribution >= 4 is 23.3 Å². The van der Waals surface area contributed by atoms with Gasteiger partial charge >= 0.3 is 11.9 Å². The highest BCUT2D eigenvalue weighted by molar-refractivity contribution is 5.99. The first-order valence-corrected chi connectivity index (χ1v) is 13.6. The number of dihydropyridines is 1. The number of methoxy groups -OCH3 is 1. The molecule has 218 valence electrons. The van der Waals surface area contributed by atoms with Crippen LogP contribution in [-0.2, 0) is 19.1 Å². The van der Waals surface area contributed by atoms with Crippen molar-refractivity contribution in [3.63, 3.8) is 0 Å². The molecule has 41 heavy (non-hydrogen) atoms. The second-order valence-electron chi connectivity index (χ2n) is 9.84. The number of hydrogen-bond donors (Lipinski definition) is 1. The van der Waals surface area contributed by atoms with Crippen LogP contribution in [0.3, 0.4) is 0 Å². The van der Waals surface area contributed by atoms with Gasteiger partial charge in [-0.25, -0.2) is 9.59 Å². The summed E-state index contributed by atoms with van der Waals surface area (Å²) in [5.41, 5.74) is 2.79. The van der Waals surface area contributed by atoms with Gasteiger partial charge in [-0.2, -0.15) is 0 Å². The van der Waals surface area contributed by atoms with Crippen LogP contribution in [-0.4, -0.2) is 74.8 Å². The Hall–Kier alpha value is -4.38. The van der Waals surface area contributed by atoms with E-state index >= 15 is 0 Å². The summed E-state index contributed by atoms with van der Waals surface area (Å²) >= 11 is 0. The number of benzene rings is 2. The number of para-hydroxylation sites is 2. The molecule has 1 saturated heterocycles. The molecule has 2 aromatic rings. The van der Waals surface area contributed by atoms with Crippen molar-refractivity contribution in [2.45, 2.75) is 26.7 Å². The molecule has 0 spiro atoms. The van der Waals surface area contributed by atoms with Crippen LogP contribution in [0.1, 0.15) is 32.3 Å². The molecule has 2 aliphatic rings. The molecule has 0 bridgehead atoms. The summed E-state index contributed by atoms with van der Waals surface area (Å²) in [5, 5.41) is 14.5. The number of carbonyl (C=O) groups excluding carboxylic acids is 2. The normalized spacial score (nSPS) is 17.7. The number of nitro benzene ring substituents is 1. The third-order valence-corrected chi connectivity index (χ3v) is 7.32. The lowest BCUT2D eigenvalue weighted by Gasteiger charge is -2.36. The number of nitrogens with zero attached hydrogens (tertiary/aromatic N) is 3. The Labute approximate surface area is 239 Å². The van der Waals surface area contributed by atoms with Gasteiger partial charge in [0.15, 0.2) is 0 Å². The maximum Gasteiger partial charge on any atom is 0.336 e. The molecule has 0 radical (unpaired) electrons. The average Bonchev–Trinajstić information content (AvgIpc) is 2.97. The standard InChI is InChI=1S/C30H36N4O7/c1-5-40-25-12-7-6-11-24(25)33-15-13-32(14-16-33)17-18-41-30(36)27-21(3)31-20(2)26(29(35)39-4)28(27)22-9-8-10-23(19-22)34(37)38/h6-12,19,28,31H,5,13-18H2,1-4H3. The van der Waals surface area contributed by atoms with E-state index in [4.69, 9.17) is 14.2 Å². The molecular formula is C30H36N4O7. The topological polar surface area (TPSA) is 123 Å². The summed E-state index contributed by atoms with van der Waals surface area (Å²) < 4.78 is 16.5. The van der Waals surface area contributed by atoms with Crippen molar-refractivity contribution in [3.8, 4) is 5.75 Å². The number of allylic oxidation sites excluding steroid dienone is 2. The Kier molecular flexibility index (Phi) is 9.61. The van der Waals surface area contributed by atoms with Gasteiger partial charge < -0.3 is 24.4 Å².